The molecule has 0 aromatic carbocycles. The van der Waals surface area contributed by atoms with E-state index in [-0.39, 0.29) is 12.0 Å². The fraction of sp³-hybridized carbons (Fsp3) is 0.611. The Morgan fingerprint density at radius 2 is 2.09 bits per heavy atom. The Labute approximate surface area is 136 Å². The molecule has 3 unspecified atom stereocenters. The quantitative estimate of drug-likeness (QED) is 0.804. The fourth-order valence-corrected chi connectivity index (χ4v) is 4.16. The zero-order chi connectivity index (χ0) is 15.8. The highest BCUT2D eigenvalue weighted by molar-refractivity contribution is 5.80. The number of likely N-dealkylation sites (tertiary alicyclic amines) is 1. The predicted molar refractivity (Wildman–Crippen MR) is 85.8 cm³/mol. The van der Waals surface area contributed by atoms with Gasteiger partial charge in [0.25, 0.3) is 0 Å². The van der Waals surface area contributed by atoms with E-state index in [2.05, 4.69) is 22.1 Å². The zero-order valence-corrected chi connectivity index (χ0v) is 13.5. The number of carbonyl (C=O) groups excluding carboxylic acids is 1. The molecule has 2 bridgehead atoms. The lowest BCUT2D eigenvalue weighted by atomic mass is 9.91. The summed E-state index contributed by atoms with van der Waals surface area (Å²) in [5.41, 5.74) is 0. The van der Waals surface area contributed by atoms with Crippen molar-refractivity contribution in [3.63, 3.8) is 0 Å². The molecule has 2 aliphatic carbocycles. The van der Waals surface area contributed by atoms with Crippen molar-refractivity contribution in [1.29, 1.82) is 0 Å². The second kappa shape index (κ2) is 5.95. The first kappa shape index (κ1) is 14.7. The Balaban J connectivity index is 1.31. The van der Waals surface area contributed by atoms with Gasteiger partial charge in [-0.1, -0.05) is 12.2 Å². The standard InChI is InChI=1S/C18H23N3O2/c1-12-19-7-4-17(20-12)23-15-5-8-21(9-6-15)18(22)16-11-13-2-3-14(16)10-13/h2-4,7,13-16H,5-6,8-11H2,1H3. The molecule has 2 fully saturated rings. The van der Waals surface area contributed by atoms with Crippen LogP contribution in [0.15, 0.2) is 24.4 Å². The summed E-state index contributed by atoms with van der Waals surface area (Å²) in [5.74, 6) is 3.09. The fourth-order valence-electron chi connectivity index (χ4n) is 4.16. The van der Waals surface area contributed by atoms with E-state index in [1.54, 1.807) is 12.3 Å². The largest absolute Gasteiger partial charge is 0.474 e. The van der Waals surface area contributed by atoms with Gasteiger partial charge in [0.1, 0.15) is 11.9 Å². The second-order valence-corrected chi connectivity index (χ2v) is 6.97. The van der Waals surface area contributed by atoms with Gasteiger partial charge in [0.15, 0.2) is 0 Å². The third kappa shape index (κ3) is 2.96. The molecule has 0 spiro atoms. The third-order valence-corrected chi connectivity index (χ3v) is 5.39. The first-order valence-electron chi connectivity index (χ1n) is 8.62. The Hall–Kier alpha value is -1.91. The number of ether oxygens (including phenoxy) is 1. The molecular formula is C18H23N3O2. The van der Waals surface area contributed by atoms with E-state index in [9.17, 15) is 4.79 Å². The molecule has 1 saturated carbocycles. The maximum absolute atomic E-state index is 12.7. The van der Waals surface area contributed by atoms with Gasteiger partial charge in [-0.25, -0.2) is 4.98 Å². The molecular weight excluding hydrogens is 290 g/mol. The number of aryl methyl sites for hydroxylation is 1. The molecule has 23 heavy (non-hydrogen) atoms. The average molecular weight is 313 g/mol. The number of fused-ring (bicyclic) bond motifs is 2. The molecule has 1 aromatic rings. The van der Waals surface area contributed by atoms with Gasteiger partial charge >= 0.3 is 0 Å². The number of nitrogens with zero attached hydrogens (tertiary/aromatic N) is 3. The number of piperidine rings is 1. The monoisotopic (exact) mass is 313 g/mol. The molecule has 1 aliphatic heterocycles. The molecule has 1 amide bonds. The molecule has 5 nitrogen and oxygen atoms in total. The van der Waals surface area contributed by atoms with E-state index in [1.165, 1.54) is 6.42 Å². The Bertz CT molecular complexity index is 622. The second-order valence-electron chi connectivity index (χ2n) is 6.97. The van der Waals surface area contributed by atoms with Crippen LogP contribution in [0.5, 0.6) is 5.88 Å². The van der Waals surface area contributed by atoms with E-state index in [4.69, 9.17) is 4.74 Å². The first-order valence-corrected chi connectivity index (χ1v) is 8.62. The van der Waals surface area contributed by atoms with Crippen molar-refractivity contribution in [2.24, 2.45) is 17.8 Å². The minimum absolute atomic E-state index is 0.147. The Morgan fingerprint density at radius 1 is 1.26 bits per heavy atom. The van der Waals surface area contributed by atoms with Crippen LogP contribution in [0.1, 0.15) is 31.5 Å². The van der Waals surface area contributed by atoms with Crippen molar-refractivity contribution in [1.82, 2.24) is 14.9 Å². The number of hydrogen-bond donors (Lipinski definition) is 0. The minimum Gasteiger partial charge on any atom is -0.474 e. The molecule has 1 aromatic heterocycles. The van der Waals surface area contributed by atoms with Crippen LogP contribution < -0.4 is 4.74 Å². The van der Waals surface area contributed by atoms with Gasteiger partial charge in [0.2, 0.25) is 11.8 Å². The van der Waals surface area contributed by atoms with Gasteiger partial charge in [0.05, 0.1) is 0 Å². The van der Waals surface area contributed by atoms with Crippen molar-refractivity contribution in [3.8, 4) is 5.88 Å². The summed E-state index contributed by atoms with van der Waals surface area (Å²) in [4.78, 5) is 23.1. The van der Waals surface area contributed by atoms with Crippen molar-refractivity contribution in [2.75, 3.05) is 13.1 Å². The van der Waals surface area contributed by atoms with Gasteiger partial charge in [-0.2, -0.15) is 4.98 Å². The summed E-state index contributed by atoms with van der Waals surface area (Å²) in [5, 5.41) is 0. The van der Waals surface area contributed by atoms with Crippen LogP contribution in [0.3, 0.4) is 0 Å². The highest BCUT2D eigenvalue weighted by atomic mass is 16.5. The number of carbonyl (C=O) groups is 1. The van der Waals surface area contributed by atoms with Crippen molar-refractivity contribution < 1.29 is 9.53 Å². The molecule has 0 radical (unpaired) electrons. The predicted octanol–water partition coefficient (Wildman–Crippen LogP) is 2.37. The third-order valence-electron chi connectivity index (χ3n) is 5.39. The summed E-state index contributed by atoms with van der Waals surface area (Å²) in [6, 6.07) is 1.80. The molecule has 4 rings (SSSR count). The lowest BCUT2D eigenvalue weighted by Gasteiger charge is -2.34. The molecule has 0 N–H and O–H groups in total. The minimum atomic E-state index is 0.147. The molecule has 1 saturated heterocycles. The number of allylic oxidation sites excluding steroid dienone is 2. The molecule has 5 heteroatoms. The van der Waals surface area contributed by atoms with Gasteiger partial charge in [0, 0.05) is 44.1 Å². The van der Waals surface area contributed by atoms with Crippen LogP contribution >= 0.6 is 0 Å². The zero-order valence-electron chi connectivity index (χ0n) is 13.5. The highest BCUT2D eigenvalue weighted by Gasteiger charge is 2.42. The number of hydrogen-bond acceptors (Lipinski definition) is 4. The van der Waals surface area contributed by atoms with Crippen LogP contribution in [-0.2, 0) is 4.79 Å². The lowest BCUT2D eigenvalue weighted by molar-refractivity contribution is -0.138. The summed E-state index contributed by atoms with van der Waals surface area (Å²) in [6.45, 7) is 3.45. The average Bonchev–Trinajstić information content (AvgIpc) is 3.18. The van der Waals surface area contributed by atoms with Crippen molar-refractivity contribution >= 4 is 5.91 Å². The number of rotatable bonds is 3. The SMILES string of the molecule is Cc1nccc(OC2CCN(C(=O)C3CC4C=CC3C4)CC2)n1. The Morgan fingerprint density at radius 3 is 2.74 bits per heavy atom. The van der Waals surface area contributed by atoms with E-state index >= 15 is 0 Å². The van der Waals surface area contributed by atoms with Crippen LogP contribution in [0.25, 0.3) is 0 Å². The van der Waals surface area contributed by atoms with E-state index < -0.39 is 0 Å². The molecule has 3 atom stereocenters. The normalized spacial score (nSPS) is 30.0. The van der Waals surface area contributed by atoms with Crippen LogP contribution in [0.2, 0.25) is 0 Å². The smallest absolute Gasteiger partial charge is 0.226 e. The highest BCUT2D eigenvalue weighted by Crippen LogP contribution is 2.44. The summed E-state index contributed by atoms with van der Waals surface area (Å²) in [6.07, 6.45) is 10.4. The van der Waals surface area contributed by atoms with Gasteiger partial charge in [-0.15, -0.1) is 0 Å². The lowest BCUT2D eigenvalue weighted by Crippen LogP contribution is -2.45. The number of aromatic nitrogens is 2. The maximum atomic E-state index is 12.7. The van der Waals surface area contributed by atoms with Gasteiger partial charge in [-0.05, 0) is 31.6 Å². The molecule has 122 valence electrons. The topological polar surface area (TPSA) is 55.3 Å². The summed E-state index contributed by atoms with van der Waals surface area (Å²) < 4.78 is 5.94. The van der Waals surface area contributed by atoms with Crippen molar-refractivity contribution in [3.05, 3.63) is 30.2 Å². The van der Waals surface area contributed by atoms with E-state index in [0.29, 0.717) is 23.6 Å². The first-order chi connectivity index (χ1) is 11.2. The number of amides is 1. The van der Waals surface area contributed by atoms with Crippen molar-refractivity contribution in [2.45, 2.75) is 38.7 Å². The van der Waals surface area contributed by atoms with Gasteiger partial charge < -0.3 is 9.64 Å². The van der Waals surface area contributed by atoms with Crippen LogP contribution in [-0.4, -0.2) is 40.0 Å². The molecule has 3 aliphatic rings. The van der Waals surface area contributed by atoms with Crippen LogP contribution in [0.4, 0.5) is 0 Å². The Kier molecular flexibility index (Phi) is 3.79. The molecule has 2 heterocycles. The maximum Gasteiger partial charge on any atom is 0.226 e. The van der Waals surface area contributed by atoms with Gasteiger partial charge in [-0.3, -0.25) is 4.79 Å². The summed E-state index contributed by atoms with van der Waals surface area (Å²) >= 11 is 0. The van der Waals surface area contributed by atoms with E-state index in [1.807, 2.05) is 11.8 Å². The van der Waals surface area contributed by atoms with E-state index in [0.717, 1.165) is 38.2 Å². The summed E-state index contributed by atoms with van der Waals surface area (Å²) in [7, 11) is 0. The van der Waals surface area contributed by atoms with Crippen LogP contribution in [0, 0.1) is 24.7 Å².